The van der Waals surface area contributed by atoms with Crippen LogP contribution in [0.25, 0.3) is 0 Å². The molecule has 18 heavy (non-hydrogen) atoms. The van der Waals surface area contributed by atoms with Gasteiger partial charge in [-0.1, -0.05) is 30.3 Å². The van der Waals surface area contributed by atoms with Crippen LogP contribution in [0, 0.1) is 5.41 Å². The number of nitrogens with one attached hydrogen (secondary N) is 1. The SMILES string of the molecule is CN1C[C@@H](c2ccccc2)[C@]2(CCCNC2)C1=O. The second-order valence-electron chi connectivity index (χ2n) is 5.59. The van der Waals surface area contributed by atoms with Crippen LogP contribution in [0.1, 0.15) is 24.3 Å². The van der Waals surface area contributed by atoms with Gasteiger partial charge in [-0.05, 0) is 24.9 Å². The van der Waals surface area contributed by atoms with E-state index in [0.717, 1.165) is 32.5 Å². The number of carbonyl (C=O) groups is 1. The second kappa shape index (κ2) is 4.39. The molecule has 1 N–H and O–H groups in total. The van der Waals surface area contributed by atoms with E-state index >= 15 is 0 Å². The van der Waals surface area contributed by atoms with E-state index in [4.69, 9.17) is 0 Å². The third-order valence-electron chi connectivity index (χ3n) is 4.51. The summed E-state index contributed by atoms with van der Waals surface area (Å²) in [5, 5.41) is 3.42. The maximum atomic E-state index is 12.6. The van der Waals surface area contributed by atoms with E-state index in [2.05, 4.69) is 29.6 Å². The normalized spacial score (nSPS) is 32.2. The molecule has 2 heterocycles. The average molecular weight is 244 g/mol. The number of likely N-dealkylation sites (tertiary alicyclic amines) is 1. The van der Waals surface area contributed by atoms with Gasteiger partial charge in [0.05, 0.1) is 5.41 Å². The van der Waals surface area contributed by atoms with Crippen molar-refractivity contribution in [3.8, 4) is 0 Å². The van der Waals surface area contributed by atoms with Crippen molar-refractivity contribution < 1.29 is 4.79 Å². The van der Waals surface area contributed by atoms with Gasteiger partial charge in [-0.15, -0.1) is 0 Å². The predicted molar refractivity (Wildman–Crippen MR) is 71.4 cm³/mol. The van der Waals surface area contributed by atoms with Crippen LogP contribution in [0.4, 0.5) is 0 Å². The van der Waals surface area contributed by atoms with Gasteiger partial charge in [0.1, 0.15) is 0 Å². The van der Waals surface area contributed by atoms with E-state index < -0.39 is 0 Å². The molecule has 1 spiro atoms. The Labute approximate surface area is 108 Å². The number of rotatable bonds is 1. The number of hydrogen-bond acceptors (Lipinski definition) is 2. The monoisotopic (exact) mass is 244 g/mol. The first-order valence-electron chi connectivity index (χ1n) is 6.75. The Morgan fingerprint density at radius 1 is 1.33 bits per heavy atom. The number of piperidine rings is 1. The molecule has 2 aliphatic rings. The Kier molecular flexibility index (Phi) is 2.86. The molecule has 2 saturated heterocycles. The zero-order valence-electron chi connectivity index (χ0n) is 10.9. The quantitative estimate of drug-likeness (QED) is 0.814. The van der Waals surface area contributed by atoms with Crippen molar-refractivity contribution in [2.45, 2.75) is 18.8 Å². The van der Waals surface area contributed by atoms with Gasteiger partial charge in [0.15, 0.2) is 0 Å². The number of carbonyl (C=O) groups excluding carboxylic acids is 1. The van der Waals surface area contributed by atoms with Crippen molar-refractivity contribution in [1.82, 2.24) is 10.2 Å². The molecular weight excluding hydrogens is 224 g/mol. The fourth-order valence-corrected chi connectivity index (χ4v) is 3.58. The first-order chi connectivity index (χ1) is 8.74. The van der Waals surface area contributed by atoms with Gasteiger partial charge in [-0.25, -0.2) is 0 Å². The standard InChI is InChI=1S/C15H20N2O/c1-17-10-13(12-6-3-2-4-7-12)15(14(17)18)8-5-9-16-11-15/h2-4,6-7,13,16H,5,8-11H2,1H3/t13-,15+/m0/s1. The van der Waals surface area contributed by atoms with E-state index in [1.165, 1.54) is 5.56 Å². The molecule has 1 amide bonds. The van der Waals surface area contributed by atoms with Crippen molar-refractivity contribution in [2.24, 2.45) is 5.41 Å². The summed E-state index contributed by atoms with van der Waals surface area (Å²) in [5.74, 6) is 0.660. The van der Waals surface area contributed by atoms with Crippen LogP contribution >= 0.6 is 0 Å². The van der Waals surface area contributed by atoms with Gasteiger partial charge in [0, 0.05) is 26.1 Å². The maximum Gasteiger partial charge on any atom is 0.230 e. The smallest absolute Gasteiger partial charge is 0.230 e. The zero-order chi connectivity index (χ0) is 12.6. The zero-order valence-corrected chi connectivity index (χ0v) is 10.9. The van der Waals surface area contributed by atoms with Gasteiger partial charge in [0.25, 0.3) is 0 Å². The van der Waals surface area contributed by atoms with Crippen molar-refractivity contribution in [1.29, 1.82) is 0 Å². The lowest BCUT2D eigenvalue weighted by Crippen LogP contribution is -2.47. The lowest BCUT2D eigenvalue weighted by molar-refractivity contribution is -0.136. The number of hydrogen-bond donors (Lipinski definition) is 1. The number of likely N-dealkylation sites (N-methyl/N-ethyl adjacent to an activating group) is 1. The van der Waals surface area contributed by atoms with E-state index in [0.29, 0.717) is 11.8 Å². The highest BCUT2D eigenvalue weighted by Gasteiger charge is 2.53. The summed E-state index contributed by atoms with van der Waals surface area (Å²) in [6, 6.07) is 10.5. The number of amides is 1. The van der Waals surface area contributed by atoms with Crippen LogP contribution in [0.3, 0.4) is 0 Å². The summed E-state index contributed by atoms with van der Waals surface area (Å²) in [6.07, 6.45) is 2.12. The molecule has 0 saturated carbocycles. The largest absolute Gasteiger partial charge is 0.345 e. The van der Waals surface area contributed by atoms with Gasteiger partial charge in [0.2, 0.25) is 5.91 Å². The lowest BCUT2D eigenvalue weighted by atomic mass is 9.69. The lowest BCUT2D eigenvalue weighted by Gasteiger charge is -2.36. The summed E-state index contributed by atoms with van der Waals surface area (Å²) >= 11 is 0. The molecule has 1 aromatic carbocycles. The van der Waals surface area contributed by atoms with Gasteiger partial charge in [-0.2, -0.15) is 0 Å². The predicted octanol–water partition coefficient (Wildman–Crippen LogP) is 1.61. The first-order valence-corrected chi connectivity index (χ1v) is 6.75. The van der Waals surface area contributed by atoms with E-state index in [1.807, 2.05) is 18.0 Å². The van der Waals surface area contributed by atoms with Crippen LogP contribution in [0.5, 0.6) is 0 Å². The Hall–Kier alpha value is -1.35. The molecular formula is C15H20N2O. The minimum absolute atomic E-state index is 0.200. The van der Waals surface area contributed by atoms with Gasteiger partial charge in [-0.3, -0.25) is 4.79 Å². The fourth-order valence-electron chi connectivity index (χ4n) is 3.58. The number of benzene rings is 1. The second-order valence-corrected chi connectivity index (χ2v) is 5.59. The Morgan fingerprint density at radius 2 is 2.11 bits per heavy atom. The summed E-state index contributed by atoms with van der Waals surface area (Å²) in [6.45, 7) is 2.72. The molecule has 0 aliphatic carbocycles. The third kappa shape index (κ3) is 1.65. The molecule has 3 rings (SSSR count). The molecule has 3 heteroatoms. The fraction of sp³-hybridized carbons (Fsp3) is 0.533. The first kappa shape index (κ1) is 11.7. The van der Waals surface area contributed by atoms with E-state index in [9.17, 15) is 4.79 Å². The van der Waals surface area contributed by atoms with Gasteiger partial charge >= 0.3 is 0 Å². The Balaban J connectivity index is 1.99. The topological polar surface area (TPSA) is 32.3 Å². The highest BCUT2D eigenvalue weighted by atomic mass is 16.2. The molecule has 2 fully saturated rings. The minimum Gasteiger partial charge on any atom is -0.345 e. The average Bonchev–Trinajstić information content (AvgIpc) is 2.66. The van der Waals surface area contributed by atoms with Crippen LogP contribution in [-0.4, -0.2) is 37.5 Å². The molecule has 0 unspecified atom stereocenters. The molecule has 2 atom stereocenters. The van der Waals surface area contributed by atoms with Crippen LogP contribution in [0.2, 0.25) is 0 Å². The maximum absolute atomic E-state index is 12.6. The number of nitrogens with zero attached hydrogens (tertiary/aromatic N) is 1. The van der Waals surface area contributed by atoms with E-state index in [1.54, 1.807) is 0 Å². The highest BCUT2D eigenvalue weighted by Crippen LogP contribution is 2.47. The van der Waals surface area contributed by atoms with E-state index in [-0.39, 0.29) is 5.41 Å². The molecule has 0 radical (unpaired) electrons. The molecule has 0 bridgehead atoms. The van der Waals surface area contributed by atoms with Crippen LogP contribution in [-0.2, 0) is 4.79 Å². The third-order valence-corrected chi connectivity index (χ3v) is 4.51. The van der Waals surface area contributed by atoms with Crippen LogP contribution < -0.4 is 5.32 Å². The summed E-state index contributed by atoms with van der Waals surface area (Å²) in [7, 11) is 1.93. The van der Waals surface area contributed by atoms with Crippen molar-refractivity contribution in [2.75, 3.05) is 26.7 Å². The summed E-state index contributed by atoms with van der Waals surface area (Å²) in [5.41, 5.74) is 1.10. The van der Waals surface area contributed by atoms with Crippen molar-refractivity contribution in [3.63, 3.8) is 0 Å². The molecule has 2 aliphatic heterocycles. The Bertz CT molecular complexity index is 437. The minimum atomic E-state index is -0.200. The Morgan fingerprint density at radius 3 is 2.78 bits per heavy atom. The van der Waals surface area contributed by atoms with Crippen LogP contribution in [0.15, 0.2) is 30.3 Å². The summed E-state index contributed by atoms with van der Waals surface area (Å²) < 4.78 is 0. The van der Waals surface area contributed by atoms with Crippen molar-refractivity contribution >= 4 is 5.91 Å². The molecule has 0 aromatic heterocycles. The van der Waals surface area contributed by atoms with Crippen molar-refractivity contribution in [3.05, 3.63) is 35.9 Å². The molecule has 3 nitrogen and oxygen atoms in total. The molecule has 1 aromatic rings. The summed E-state index contributed by atoms with van der Waals surface area (Å²) in [4.78, 5) is 14.5. The van der Waals surface area contributed by atoms with Gasteiger partial charge < -0.3 is 10.2 Å². The highest BCUT2D eigenvalue weighted by molar-refractivity contribution is 5.86. The molecule has 96 valence electrons.